The lowest BCUT2D eigenvalue weighted by Crippen LogP contribution is -1.95. The zero-order valence-electron chi connectivity index (χ0n) is 9.85. The van der Waals surface area contributed by atoms with Gasteiger partial charge in [-0.25, -0.2) is 9.97 Å². The van der Waals surface area contributed by atoms with Gasteiger partial charge >= 0.3 is 0 Å². The summed E-state index contributed by atoms with van der Waals surface area (Å²) >= 11 is 0. The summed E-state index contributed by atoms with van der Waals surface area (Å²) in [6.45, 7) is 0. The van der Waals surface area contributed by atoms with Gasteiger partial charge in [-0.15, -0.1) is 0 Å². The van der Waals surface area contributed by atoms with Crippen molar-refractivity contribution in [3.8, 4) is 16.9 Å². The summed E-state index contributed by atoms with van der Waals surface area (Å²) in [5.41, 5.74) is 8.59. The van der Waals surface area contributed by atoms with Gasteiger partial charge in [0.15, 0.2) is 0 Å². The normalized spacial score (nSPS) is 10.7. The second-order valence-corrected chi connectivity index (χ2v) is 3.99. The molecule has 0 aliphatic carbocycles. The molecular formula is C12H12N6. The number of aryl methyl sites for hydroxylation is 1. The molecule has 3 heterocycles. The molecule has 0 fully saturated rings. The summed E-state index contributed by atoms with van der Waals surface area (Å²) in [5, 5.41) is 4.16. The summed E-state index contributed by atoms with van der Waals surface area (Å²) in [5.74, 6) is 0.492. The van der Waals surface area contributed by atoms with Crippen LogP contribution in [0, 0.1) is 0 Å². The average Bonchev–Trinajstić information content (AvgIpc) is 2.96. The average molecular weight is 240 g/mol. The third-order valence-electron chi connectivity index (χ3n) is 2.68. The van der Waals surface area contributed by atoms with E-state index in [1.807, 2.05) is 29.9 Å². The van der Waals surface area contributed by atoms with Crippen molar-refractivity contribution in [3.63, 3.8) is 0 Å². The van der Waals surface area contributed by atoms with E-state index in [9.17, 15) is 0 Å². The number of hydrogen-bond donors (Lipinski definition) is 1. The van der Waals surface area contributed by atoms with Crippen LogP contribution < -0.4 is 5.73 Å². The number of imidazole rings is 1. The first kappa shape index (κ1) is 10.5. The van der Waals surface area contributed by atoms with Crippen molar-refractivity contribution >= 4 is 5.82 Å². The van der Waals surface area contributed by atoms with E-state index in [4.69, 9.17) is 5.73 Å². The first-order chi connectivity index (χ1) is 8.74. The maximum Gasteiger partial charge on any atom is 0.123 e. The molecular weight excluding hydrogens is 228 g/mol. The summed E-state index contributed by atoms with van der Waals surface area (Å²) < 4.78 is 3.71. The smallest absolute Gasteiger partial charge is 0.123 e. The topological polar surface area (TPSA) is 74.5 Å². The number of nitrogens with zero attached hydrogens (tertiary/aromatic N) is 5. The third-order valence-corrected chi connectivity index (χ3v) is 2.68. The van der Waals surface area contributed by atoms with Gasteiger partial charge in [0.05, 0.1) is 30.1 Å². The van der Waals surface area contributed by atoms with Crippen LogP contribution in [0.3, 0.4) is 0 Å². The van der Waals surface area contributed by atoms with Gasteiger partial charge in [0.2, 0.25) is 0 Å². The molecule has 2 N–H and O–H groups in total. The molecule has 0 aromatic carbocycles. The van der Waals surface area contributed by atoms with Crippen molar-refractivity contribution < 1.29 is 0 Å². The molecule has 0 amide bonds. The maximum absolute atomic E-state index is 5.70. The molecule has 6 nitrogen and oxygen atoms in total. The molecule has 3 rings (SSSR count). The van der Waals surface area contributed by atoms with E-state index in [2.05, 4.69) is 15.1 Å². The van der Waals surface area contributed by atoms with Gasteiger partial charge < -0.3 is 5.73 Å². The lowest BCUT2D eigenvalue weighted by Gasteiger charge is -2.05. The van der Waals surface area contributed by atoms with E-state index < -0.39 is 0 Å². The second-order valence-electron chi connectivity index (χ2n) is 3.99. The van der Waals surface area contributed by atoms with Crippen LogP contribution in [0.1, 0.15) is 0 Å². The number of anilines is 1. The Balaban J connectivity index is 2.12. The van der Waals surface area contributed by atoms with Crippen LogP contribution in [0.5, 0.6) is 0 Å². The molecule has 3 aromatic rings. The standard InChI is InChI=1S/C12H12N6/c1-17-7-10(5-16-17)18-8-14-6-11(18)9-2-3-15-12(13)4-9/h2-8H,1H3,(H2,13,15). The third kappa shape index (κ3) is 1.73. The van der Waals surface area contributed by atoms with E-state index in [1.54, 1.807) is 29.6 Å². The first-order valence-electron chi connectivity index (χ1n) is 5.47. The largest absolute Gasteiger partial charge is 0.384 e. The molecule has 90 valence electrons. The number of pyridine rings is 1. The highest BCUT2D eigenvalue weighted by Crippen LogP contribution is 2.22. The number of nitrogens with two attached hydrogens (primary N) is 1. The Kier molecular flexibility index (Phi) is 2.33. The van der Waals surface area contributed by atoms with Gasteiger partial charge in [-0.3, -0.25) is 9.25 Å². The van der Waals surface area contributed by atoms with Gasteiger partial charge in [-0.2, -0.15) is 5.10 Å². The Hall–Kier alpha value is -2.63. The molecule has 0 spiro atoms. The number of nitrogen functional groups attached to an aromatic ring is 1. The van der Waals surface area contributed by atoms with Crippen LogP contribution in [-0.4, -0.2) is 24.3 Å². The maximum atomic E-state index is 5.70. The van der Waals surface area contributed by atoms with Crippen LogP contribution in [-0.2, 0) is 7.05 Å². The van der Waals surface area contributed by atoms with E-state index >= 15 is 0 Å². The van der Waals surface area contributed by atoms with E-state index in [0.29, 0.717) is 5.82 Å². The minimum Gasteiger partial charge on any atom is -0.384 e. The van der Waals surface area contributed by atoms with Crippen molar-refractivity contribution in [3.05, 3.63) is 43.2 Å². The molecule has 0 saturated carbocycles. The Morgan fingerprint density at radius 2 is 2.17 bits per heavy atom. The molecule has 0 atom stereocenters. The van der Waals surface area contributed by atoms with Gasteiger partial charge in [0, 0.05) is 25.0 Å². The fourth-order valence-electron chi connectivity index (χ4n) is 1.85. The quantitative estimate of drug-likeness (QED) is 0.731. The lowest BCUT2D eigenvalue weighted by atomic mass is 10.2. The molecule has 0 radical (unpaired) electrons. The zero-order valence-corrected chi connectivity index (χ0v) is 9.85. The highest BCUT2D eigenvalue weighted by molar-refractivity contribution is 5.63. The van der Waals surface area contributed by atoms with Crippen LogP contribution in [0.2, 0.25) is 0 Å². The molecule has 0 bridgehead atoms. The zero-order chi connectivity index (χ0) is 12.5. The molecule has 0 aliphatic rings. The van der Waals surface area contributed by atoms with Crippen molar-refractivity contribution in [2.75, 3.05) is 5.73 Å². The Bertz CT molecular complexity index is 681. The van der Waals surface area contributed by atoms with Crippen LogP contribution in [0.25, 0.3) is 16.9 Å². The van der Waals surface area contributed by atoms with Gasteiger partial charge in [-0.05, 0) is 12.1 Å². The first-order valence-corrected chi connectivity index (χ1v) is 5.47. The van der Waals surface area contributed by atoms with E-state index in [-0.39, 0.29) is 0 Å². The van der Waals surface area contributed by atoms with Crippen molar-refractivity contribution in [1.29, 1.82) is 0 Å². The Morgan fingerprint density at radius 1 is 1.28 bits per heavy atom. The Morgan fingerprint density at radius 3 is 2.89 bits per heavy atom. The van der Waals surface area contributed by atoms with Crippen LogP contribution in [0.15, 0.2) is 43.2 Å². The van der Waals surface area contributed by atoms with Gasteiger partial charge in [0.1, 0.15) is 5.82 Å². The predicted molar refractivity (Wildman–Crippen MR) is 68.0 cm³/mol. The van der Waals surface area contributed by atoms with E-state index in [0.717, 1.165) is 16.9 Å². The second kappa shape index (κ2) is 3.99. The van der Waals surface area contributed by atoms with E-state index in [1.165, 1.54) is 0 Å². The lowest BCUT2D eigenvalue weighted by molar-refractivity contribution is 0.767. The van der Waals surface area contributed by atoms with Crippen LogP contribution >= 0.6 is 0 Å². The fourth-order valence-corrected chi connectivity index (χ4v) is 1.85. The molecule has 0 saturated heterocycles. The summed E-state index contributed by atoms with van der Waals surface area (Å²) in [4.78, 5) is 8.17. The van der Waals surface area contributed by atoms with Crippen molar-refractivity contribution in [2.24, 2.45) is 7.05 Å². The summed E-state index contributed by atoms with van der Waals surface area (Å²) in [6.07, 6.45) is 8.95. The SMILES string of the molecule is Cn1cc(-n2cncc2-c2ccnc(N)c2)cn1. The molecule has 18 heavy (non-hydrogen) atoms. The molecule has 6 heteroatoms. The van der Waals surface area contributed by atoms with Crippen molar-refractivity contribution in [2.45, 2.75) is 0 Å². The number of rotatable bonds is 2. The minimum atomic E-state index is 0.492. The summed E-state index contributed by atoms with van der Waals surface area (Å²) in [7, 11) is 1.88. The van der Waals surface area contributed by atoms with Gasteiger partial charge in [0.25, 0.3) is 0 Å². The Labute approximate surface area is 104 Å². The minimum absolute atomic E-state index is 0.492. The number of aromatic nitrogens is 5. The van der Waals surface area contributed by atoms with Crippen LogP contribution in [0.4, 0.5) is 5.82 Å². The van der Waals surface area contributed by atoms with Gasteiger partial charge in [-0.1, -0.05) is 0 Å². The highest BCUT2D eigenvalue weighted by Gasteiger charge is 2.08. The summed E-state index contributed by atoms with van der Waals surface area (Å²) in [6, 6.07) is 3.73. The predicted octanol–water partition coefficient (Wildman–Crippen LogP) is 1.25. The molecule has 3 aromatic heterocycles. The highest BCUT2D eigenvalue weighted by atomic mass is 15.3. The van der Waals surface area contributed by atoms with Crippen molar-refractivity contribution in [1.82, 2.24) is 24.3 Å². The fraction of sp³-hybridized carbons (Fsp3) is 0.0833. The number of hydrogen-bond acceptors (Lipinski definition) is 4. The molecule has 0 unspecified atom stereocenters. The molecule has 0 aliphatic heterocycles. The monoisotopic (exact) mass is 240 g/mol.